The molecule has 0 unspecified atom stereocenters. The number of H-pyrrole nitrogens is 1. The fourth-order valence-corrected chi connectivity index (χ4v) is 1.66. The van der Waals surface area contributed by atoms with Crippen LogP contribution in [0.15, 0.2) is 12.5 Å². The molecule has 0 aliphatic carbocycles. The molecule has 6 nitrogen and oxygen atoms in total. The van der Waals surface area contributed by atoms with Crippen molar-refractivity contribution in [2.24, 2.45) is 0 Å². The van der Waals surface area contributed by atoms with E-state index in [1.807, 2.05) is 0 Å². The van der Waals surface area contributed by atoms with Crippen LogP contribution in [-0.4, -0.2) is 37.4 Å². The van der Waals surface area contributed by atoms with Gasteiger partial charge >= 0.3 is 5.97 Å². The number of carbonyl (C=O) groups is 2. The molecule has 0 aromatic carbocycles. The van der Waals surface area contributed by atoms with E-state index in [1.165, 1.54) is 6.33 Å². The number of alkyl halides is 1. The van der Waals surface area contributed by atoms with Gasteiger partial charge in [-0.15, -0.1) is 0 Å². The van der Waals surface area contributed by atoms with E-state index in [4.69, 9.17) is 5.11 Å². The Kier molecular flexibility index (Phi) is 5.23. The largest absolute Gasteiger partial charge is 0.480 e. The number of nitrogens with one attached hydrogen (secondary N) is 2. The van der Waals surface area contributed by atoms with E-state index in [9.17, 15) is 9.59 Å². The summed E-state index contributed by atoms with van der Waals surface area (Å²) in [6.45, 7) is 0. The molecule has 1 aromatic heterocycles. The lowest BCUT2D eigenvalue weighted by Gasteiger charge is -2.12. The Labute approximate surface area is 106 Å². The molecule has 0 radical (unpaired) electrons. The number of aromatic nitrogens is 2. The van der Waals surface area contributed by atoms with Gasteiger partial charge in [-0.2, -0.15) is 0 Å². The first-order valence-electron chi connectivity index (χ1n) is 4.69. The first-order valence-corrected chi connectivity index (χ1v) is 6.21. The number of carbonyl (C=O) groups excluding carboxylic acids is 1. The number of hydrogen-bond acceptors (Lipinski definition) is 3. The molecule has 1 atom stereocenters. The van der Waals surface area contributed by atoms with Crippen molar-refractivity contribution in [2.75, 3.05) is 4.43 Å². The average Bonchev–Trinajstić information content (AvgIpc) is 2.69. The molecule has 88 valence electrons. The summed E-state index contributed by atoms with van der Waals surface area (Å²) in [5.74, 6) is -1.29. The van der Waals surface area contributed by atoms with Crippen LogP contribution in [0, 0.1) is 0 Å². The molecule has 0 saturated carbocycles. The van der Waals surface area contributed by atoms with Crippen molar-refractivity contribution in [3.05, 3.63) is 18.2 Å². The summed E-state index contributed by atoms with van der Waals surface area (Å²) in [7, 11) is 0. The summed E-state index contributed by atoms with van der Waals surface area (Å²) >= 11 is 2.06. The third-order valence-corrected chi connectivity index (χ3v) is 2.47. The van der Waals surface area contributed by atoms with Gasteiger partial charge in [-0.3, -0.25) is 4.79 Å². The van der Waals surface area contributed by atoms with Crippen LogP contribution in [0.4, 0.5) is 0 Å². The molecule has 1 aromatic rings. The number of imidazole rings is 1. The van der Waals surface area contributed by atoms with Gasteiger partial charge in [-0.05, 0) is 0 Å². The fraction of sp³-hybridized carbons (Fsp3) is 0.444. The van der Waals surface area contributed by atoms with Gasteiger partial charge in [0.15, 0.2) is 0 Å². The van der Waals surface area contributed by atoms with Crippen LogP contribution in [0.3, 0.4) is 0 Å². The molecule has 0 saturated heterocycles. The van der Waals surface area contributed by atoms with Gasteiger partial charge in [-0.1, -0.05) is 22.6 Å². The van der Waals surface area contributed by atoms with Crippen molar-refractivity contribution in [1.29, 1.82) is 0 Å². The van der Waals surface area contributed by atoms with Gasteiger partial charge in [0.25, 0.3) is 0 Å². The van der Waals surface area contributed by atoms with Crippen LogP contribution in [0.5, 0.6) is 0 Å². The van der Waals surface area contributed by atoms with Crippen molar-refractivity contribution in [3.8, 4) is 0 Å². The predicted octanol–water partition coefficient (Wildman–Crippen LogP) is 0.347. The van der Waals surface area contributed by atoms with E-state index in [2.05, 4.69) is 37.9 Å². The smallest absolute Gasteiger partial charge is 0.326 e. The van der Waals surface area contributed by atoms with Crippen LogP contribution in [0.25, 0.3) is 0 Å². The highest BCUT2D eigenvalue weighted by atomic mass is 127. The Morgan fingerprint density at radius 2 is 2.38 bits per heavy atom. The molecular formula is C9H12IN3O3. The number of amides is 1. The Balaban J connectivity index is 2.54. The lowest BCUT2D eigenvalue weighted by atomic mass is 10.1. The number of carboxylic acids is 1. The molecule has 0 fully saturated rings. The summed E-state index contributed by atoms with van der Waals surface area (Å²) < 4.78 is 0.667. The minimum absolute atomic E-state index is 0.211. The molecule has 1 amide bonds. The van der Waals surface area contributed by atoms with Crippen LogP contribution in [0.2, 0.25) is 0 Å². The van der Waals surface area contributed by atoms with E-state index in [-0.39, 0.29) is 12.3 Å². The summed E-state index contributed by atoms with van der Waals surface area (Å²) in [4.78, 5) is 28.8. The lowest BCUT2D eigenvalue weighted by Crippen LogP contribution is -2.42. The number of halogens is 1. The van der Waals surface area contributed by atoms with Gasteiger partial charge in [0.05, 0.1) is 6.33 Å². The van der Waals surface area contributed by atoms with Crippen molar-refractivity contribution in [2.45, 2.75) is 18.9 Å². The second-order valence-corrected chi connectivity index (χ2v) is 4.26. The number of aromatic amines is 1. The Morgan fingerprint density at radius 3 is 2.88 bits per heavy atom. The van der Waals surface area contributed by atoms with Crippen molar-refractivity contribution in [1.82, 2.24) is 15.3 Å². The maximum atomic E-state index is 11.3. The van der Waals surface area contributed by atoms with Crippen molar-refractivity contribution >= 4 is 34.5 Å². The molecule has 1 rings (SSSR count). The molecule has 0 bridgehead atoms. The van der Waals surface area contributed by atoms with Crippen LogP contribution >= 0.6 is 22.6 Å². The SMILES string of the molecule is O=C(CCI)N[C@@H](Cc1cnc[nH]1)C(=O)O. The Morgan fingerprint density at radius 1 is 1.62 bits per heavy atom. The molecular weight excluding hydrogens is 325 g/mol. The number of carboxylic acid groups (broad SMARTS) is 1. The highest BCUT2D eigenvalue weighted by molar-refractivity contribution is 14.1. The monoisotopic (exact) mass is 337 g/mol. The third kappa shape index (κ3) is 4.17. The standard InChI is InChI=1S/C9H12IN3O3/c10-2-1-8(14)13-7(9(15)16)3-6-4-11-5-12-6/h4-5,7H,1-3H2,(H,11,12)(H,13,14)(H,15,16)/t7-/m0/s1. The van der Waals surface area contributed by atoms with Gasteiger partial charge < -0.3 is 15.4 Å². The second kappa shape index (κ2) is 6.46. The van der Waals surface area contributed by atoms with E-state index in [0.717, 1.165) is 0 Å². The summed E-state index contributed by atoms with van der Waals surface area (Å²) in [5, 5.41) is 11.4. The maximum absolute atomic E-state index is 11.3. The zero-order chi connectivity index (χ0) is 12.0. The predicted molar refractivity (Wildman–Crippen MR) is 65.4 cm³/mol. The molecule has 0 spiro atoms. The molecule has 0 aliphatic heterocycles. The first-order chi connectivity index (χ1) is 7.63. The van der Waals surface area contributed by atoms with E-state index in [1.54, 1.807) is 6.20 Å². The van der Waals surface area contributed by atoms with Gasteiger partial charge in [-0.25, -0.2) is 9.78 Å². The number of nitrogens with zero attached hydrogens (tertiary/aromatic N) is 1. The topological polar surface area (TPSA) is 95.1 Å². The minimum Gasteiger partial charge on any atom is -0.480 e. The van der Waals surface area contributed by atoms with E-state index < -0.39 is 12.0 Å². The third-order valence-electron chi connectivity index (χ3n) is 1.93. The zero-order valence-electron chi connectivity index (χ0n) is 8.44. The van der Waals surface area contributed by atoms with Gasteiger partial charge in [0.1, 0.15) is 6.04 Å². The van der Waals surface area contributed by atoms with Gasteiger partial charge in [0.2, 0.25) is 5.91 Å². The number of hydrogen-bond donors (Lipinski definition) is 3. The average molecular weight is 337 g/mol. The van der Waals surface area contributed by atoms with E-state index >= 15 is 0 Å². The fourth-order valence-electron chi connectivity index (χ4n) is 1.17. The molecule has 0 aliphatic rings. The molecule has 16 heavy (non-hydrogen) atoms. The number of aliphatic carboxylic acids is 1. The summed E-state index contributed by atoms with van der Waals surface area (Å²) in [6, 6.07) is -0.907. The zero-order valence-corrected chi connectivity index (χ0v) is 10.6. The van der Waals surface area contributed by atoms with Crippen LogP contribution < -0.4 is 5.32 Å². The Bertz CT molecular complexity index is 353. The minimum atomic E-state index is -1.04. The summed E-state index contributed by atoms with van der Waals surface area (Å²) in [6.07, 6.45) is 3.55. The van der Waals surface area contributed by atoms with E-state index in [0.29, 0.717) is 16.5 Å². The maximum Gasteiger partial charge on any atom is 0.326 e. The Hall–Kier alpha value is -1.12. The number of rotatable bonds is 6. The molecule has 7 heteroatoms. The molecule has 3 N–H and O–H groups in total. The molecule has 1 heterocycles. The van der Waals surface area contributed by atoms with Crippen molar-refractivity contribution < 1.29 is 14.7 Å². The summed E-state index contributed by atoms with van der Waals surface area (Å²) in [5.41, 5.74) is 0.683. The highest BCUT2D eigenvalue weighted by Gasteiger charge is 2.20. The second-order valence-electron chi connectivity index (χ2n) is 3.18. The lowest BCUT2D eigenvalue weighted by molar-refractivity contribution is -0.141. The first kappa shape index (κ1) is 12.9. The highest BCUT2D eigenvalue weighted by Crippen LogP contribution is 2.00. The van der Waals surface area contributed by atoms with Gasteiger partial charge in [0, 0.05) is 29.2 Å². The van der Waals surface area contributed by atoms with Crippen LogP contribution in [-0.2, 0) is 16.0 Å². The quantitative estimate of drug-likeness (QED) is 0.516. The van der Waals surface area contributed by atoms with Crippen molar-refractivity contribution in [3.63, 3.8) is 0 Å². The van der Waals surface area contributed by atoms with Crippen LogP contribution in [0.1, 0.15) is 12.1 Å². The normalized spacial score (nSPS) is 12.1.